The lowest BCUT2D eigenvalue weighted by Crippen LogP contribution is -2.49. The van der Waals surface area contributed by atoms with Crippen LogP contribution in [0.5, 0.6) is 0 Å². The van der Waals surface area contributed by atoms with E-state index < -0.39 is 22.8 Å². The summed E-state index contributed by atoms with van der Waals surface area (Å²) in [7, 11) is 0. The van der Waals surface area contributed by atoms with Gasteiger partial charge in [-0.15, -0.1) is 0 Å². The SMILES string of the molecule is CCn1cc(C(=O)O)c(=O)c2cc(F)c(N3CCN(C(=O)Cc4ccccc4Nc4c(Cl)cccc4Cl)CC3)cc21. The number of pyridine rings is 1. The van der Waals surface area contributed by atoms with Crippen molar-refractivity contribution in [2.24, 2.45) is 0 Å². The first kappa shape index (κ1) is 28.4. The smallest absolute Gasteiger partial charge is 0.341 e. The highest BCUT2D eigenvalue weighted by Crippen LogP contribution is 2.34. The molecular formula is C30H27Cl2FN4O4. The summed E-state index contributed by atoms with van der Waals surface area (Å²) in [6.07, 6.45) is 1.45. The van der Waals surface area contributed by atoms with Crippen LogP contribution in [0, 0.1) is 5.82 Å². The van der Waals surface area contributed by atoms with E-state index in [9.17, 15) is 19.5 Å². The average Bonchev–Trinajstić information content (AvgIpc) is 2.96. The highest BCUT2D eigenvalue weighted by atomic mass is 35.5. The maximum Gasteiger partial charge on any atom is 0.341 e. The summed E-state index contributed by atoms with van der Waals surface area (Å²) in [6.45, 7) is 3.80. The molecule has 3 aromatic carbocycles. The molecule has 8 nitrogen and oxygen atoms in total. The van der Waals surface area contributed by atoms with Crippen LogP contribution in [0.25, 0.3) is 10.9 Å². The fraction of sp³-hybridized carbons (Fsp3) is 0.233. The first-order valence-electron chi connectivity index (χ1n) is 13.1. The second-order valence-corrected chi connectivity index (χ2v) is 10.5. The van der Waals surface area contributed by atoms with Crippen molar-refractivity contribution in [2.75, 3.05) is 36.4 Å². The minimum absolute atomic E-state index is 0.0205. The Labute approximate surface area is 245 Å². The van der Waals surface area contributed by atoms with E-state index in [2.05, 4.69) is 5.32 Å². The number of carbonyl (C=O) groups is 2. The molecule has 0 bridgehead atoms. The monoisotopic (exact) mass is 596 g/mol. The first-order valence-corrected chi connectivity index (χ1v) is 13.8. The van der Waals surface area contributed by atoms with Gasteiger partial charge in [0.1, 0.15) is 11.4 Å². The molecule has 0 aliphatic carbocycles. The van der Waals surface area contributed by atoms with Crippen LogP contribution in [-0.4, -0.2) is 52.6 Å². The Hall–Kier alpha value is -4.08. The number of carbonyl (C=O) groups excluding carboxylic acids is 1. The Morgan fingerprint density at radius 1 is 1.00 bits per heavy atom. The number of carboxylic acid groups (broad SMARTS) is 1. The molecule has 0 unspecified atom stereocenters. The van der Waals surface area contributed by atoms with Crippen LogP contribution in [-0.2, 0) is 17.8 Å². The van der Waals surface area contributed by atoms with Gasteiger partial charge in [-0.3, -0.25) is 9.59 Å². The minimum atomic E-state index is -1.35. The van der Waals surface area contributed by atoms with Gasteiger partial charge in [0.2, 0.25) is 11.3 Å². The lowest BCUT2D eigenvalue weighted by Gasteiger charge is -2.36. The van der Waals surface area contributed by atoms with E-state index >= 15 is 4.39 Å². The quantitative estimate of drug-likeness (QED) is 0.280. The molecule has 1 aliphatic heterocycles. The van der Waals surface area contributed by atoms with Gasteiger partial charge >= 0.3 is 5.97 Å². The molecule has 0 atom stereocenters. The van der Waals surface area contributed by atoms with Crippen molar-refractivity contribution in [3.63, 3.8) is 0 Å². The topological polar surface area (TPSA) is 94.9 Å². The third-order valence-corrected chi connectivity index (χ3v) is 7.90. The van der Waals surface area contributed by atoms with Crippen molar-refractivity contribution in [1.82, 2.24) is 9.47 Å². The number of amides is 1. The molecule has 2 heterocycles. The largest absolute Gasteiger partial charge is 0.477 e. The fourth-order valence-corrected chi connectivity index (χ4v) is 5.57. The standard InChI is InChI=1S/C30H27Cl2FN4O4/c1-2-35-17-20(30(40)41)29(39)19-15-23(33)26(16-25(19)35)36-10-12-37(13-11-36)27(38)14-18-6-3-4-9-24(18)34-28-21(31)7-5-8-22(28)32/h3-9,15-17,34H,2,10-14H2,1H3,(H,40,41). The Kier molecular flexibility index (Phi) is 8.19. The number of aromatic carboxylic acids is 1. The van der Waals surface area contributed by atoms with Gasteiger partial charge in [-0.1, -0.05) is 47.5 Å². The Morgan fingerprint density at radius 2 is 1.68 bits per heavy atom. The third kappa shape index (κ3) is 5.73. The van der Waals surface area contributed by atoms with Gasteiger partial charge < -0.3 is 24.8 Å². The van der Waals surface area contributed by atoms with Gasteiger partial charge in [0.15, 0.2) is 0 Å². The van der Waals surface area contributed by atoms with Crippen molar-refractivity contribution in [3.8, 4) is 0 Å². The molecule has 1 fully saturated rings. The van der Waals surface area contributed by atoms with Crippen LogP contribution in [0.3, 0.4) is 0 Å². The zero-order valence-corrected chi connectivity index (χ0v) is 23.7. The number of para-hydroxylation sites is 2. The summed E-state index contributed by atoms with van der Waals surface area (Å²) < 4.78 is 16.9. The maximum absolute atomic E-state index is 15.2. The molecule has 41 heavy (non-hydrogen) atoms. The summed E-state index contributed by atoms with van der Waals surface area (Å²) in [6, 6.07) is 15.4. The molecular weight excluding hydrogens is 570 g/mol. The van der Waals surface area contributed by atoms with Gasteiger partial charge in [0.05, 0.1) is 33.4 Å². The van der Waals surface area contributed by atoms with Gasteiger partial charge in [0.25, 0.3) is 0 Å². The molecule has 1 saturated heterocycles. The number of benzene rings is 3. The first-order chi connectivity index (χ1) is 19.7. The van der Waals surface area contributed by atoms with Crippen LogP contribution >= 0.6 is 23.2 Å². The van der Waals surface area contributed by atoms with E-state index in [1.54, 1.807) is 33.7 Å². The number of nitrogens with one attached hydrogen (secondary N) is 1. The predicted octanol–water partition coefficient (Wildman–Crippen LogP) is 5.80. The zero-order valence-electron chi connectivity index (χ0n) is 22.2. The molecule has 0 spiro atoms. The lowest BCUT2D eigenvalue weighted by atomic mass is 10.1. The van der Waals surface area contributed by atoms with E-state index in [1.165, 1.54) is 6.20 Å². The molecule has 1 amide bonds. The number of anilines is 3. The Morgan fingerprint density at radius 3 is 2.34 bits per heavy atom. The molecule has 11 heteroatoms. The molecule has 1 aromatic heterocycles. The van der Waals surface area contributed by atoms with Crippen molar-refractivity contribution < 1.29 is 19.1 Å². The summed E-state index contributed by atoms with van der Waals surface area (Å²) in [5.74, 6) is -2.03. The minimum Gasteiger partial charge on any atom is -0.477 e. The van der Waals surface area contributed by atoms with Crippen LogP contribution in [0.15, 0.2) is 65.6 Å². The van der Waals surface area contributed by atoms with Gasteiger partial charge in [-0.25, -0.2) is 9.18 Å². The number of rotatable bonds is 7. The van der Waals surface area contributed by atoms with Crippen molar-refractivity contribution in [1.29, 1.82) is 0 Å². The number of halogens is 3. The number of hydrogen-bond donors (Lipinski definition) is 2. The number of hydrogen-bond acceptors (Lipinski definition) is 5. The Bertz CT molecular complexity index is 1700. The van der Waals surface area contributed by atoms with Gasteiger partial charge in [-0.05, 0) is 42.8 Å². The highest BCUT2D eigenvalue weighted by Gasteiger charge is 2.25. The Balaban J connectivity index is 1.31. The average molecular weight is 597 g/mol. The van der Waals surface area contributed by atoms with E-state index in [-0.39, 0.29) is 17.7 Å². The molecule has 212 valence electrons. The molecule has 4 aromatic rings. The number of nitrogens with zero attached hydrogens (tertiary/aromatic N) is 3. The predicted molar refractivity (Wildman–Crippen MR) is 159 cm³/mol. The second kappa shape index (κ2) is 11.8. The number of carboxylic acids is 1. The lowest BCUT2D eigenvalue weighted by molar-refractivity contribution is -0.130. The molecule has 1 aliphatic rings. The fourth-order valence-electron chi connectivity index (χ4n) is 5.08. The van der Waals surface area contributed by atoms with Gasteiger partial charge in [-0.2, -0.15) is 0 Å². The summed E-state index contributed by atoms with van der Waals surface area (Å²) >= 11 is 12.6. The molecule has 0 saturated carbocycles. The maximum atomic E-state index is 15.2. The van der Waals surface area contributed by atoms with E-state index in [0.29, 0.717) is 59.7 Å². The van der Waals surface area contributed by atoms with E-state index in [1.807, 2.05) is 36.1 Å². The number of fused-ring (bicyclic) bond motifs is 1. The molecule has 0 radical (unpaired) electrons. The second-order valence-electron chi connectivity index (χ2n) is 9.71. The van der Waals surface area contributed by atoms with Crippen LogP contribution in [0.2, 0.25) is 10.0 Å². The van der Waals surface area contributed by atoms with Crippen molar-refractivity contribution >= 4 is 63.0 Å². The summed E-state index contributed by atoms with van der Waals surface area (Å²) in [5, 5.41) is 13.6. The highest BCUT2D eigenvalue weighted by molar-refractivity contribution is 6.39. The summed E-state index contributed by atoms with van der Waals surface area (Å²) in [5.41, 5.74) is 1.72. The normalized spacial score (nSPS) is 13.5. The van der Waals surface area contributed by atoms with Crippen LogP contribution in [0.1, 0.15) is 22.8 Å². The molecule has 2 N–H and O–H groups in total. The molecule has 5 rings (SSSR count). The van der Waals surface area contributed by atoms with Crippen LogP contribution < -0.4 is 15.6 Å². The van der Waals surface area contributed by atoms with Crippen LogP contribution in [0.4, 0.5) is 21.5 Å². The third-order valence-electron chi connectivity index (χ3n) is 7.27. The van der Waals surface area contributed by atoms with E-state index in [4.69, 9.17) is 23.2 Å². The zero-order chi connectivity index (χ0) is 29.3. The summed E-state index contributed by atoms with van der Waals surface area (Å²) in [4.78, 5) is 41.0. The van der Waals surface area contributed by atoms with Crippen molar-refractivity contribution in [2.45, 2.75) is 19.9 Å². The van der Waals surface area contributed by atoms with Gasteiger partial charge in [0, 0.05) is 50.0 Å². The van der Waals surface area contributed by atoms with E-state index in [0.717, 1.165) is 17.3 Å². The van der Waals surface area contributed by atoms with Crippen molar-refractivity contribution in [3.05, 3.63) is 98.0 Å². The number of aromatic nitrogens is 1. The number of aryl methyl sites for hydroxylation is 1. The number of piperazine rings is 1.